The largest absolute Gasteiger partial charge is 0.484 e. The number of benzene rings is 2. The molecule has 3 N–H and O–H groups in total. The zero-order valence-corrected chi connectivity index (χ0v) is 20.2. The Bertz CT molecular complexity index is 1230. The number of carbonyl (C=O) groups excluding carboxylic acids is 3. The smallest absolute Gasteiger partial charge is 0.288 e. The first-order valence-electron chi connectivity index (χ1n) is 11.2. The Morgan fingerprint density at radius 3 is 2.34 bits per heavy atom. The molecule has 1 saturated carbocycles. The molecule has 4 rings (SSSR count). The summed E-state index contributed by atoms with van der Waals surface area (Å²) in [5.74, 6) is -0.667. The van der Waals surface area contributed by atoms with Crippen molar-refractivity contribution in [1.82, 2.24) is 21.2 Å². The first-order chi connectivity index (χ1) is 16.9. The second-order valence-electron chi connectivity index (χ2n) is 8.34. The Morgan fingerprint density at radius 2 is 1.60 bits per heavy atom. The molecule has 1 aliphatic carbocycles. The summed E-state index contributed by atoms with van der Waals surface area (Å²) in [6.45, 7) is -0.0933. The van der Waals surface area contributed by atoms with Crippen LogP contribution in [-0.2, 0) is 9.59 Å². The van der Waals surface area contributed by atoms with Crippen molar-refractivity contribution in [2.75, 3.05) is 6.61 Å². The molecule has 1 aromatic heterocycles. The highest BCUT2D eigenvalue weighted by molar-refractivity contribution is 6.31. The van der Waals surface area contributed by atoms with E-state index in [1.807, 2.05) is 0 Å². The molecule has 0 saturated heterocycles. The number of fused-ring (bicyclic) bond motifs is 1. The minimum Gasteiger partial charge on any atom is -0.484 e. The number of pyridine rings is 1. The first-order valence-corrected chi connectivity index (χ1v) is 12.0. The predicted octanol–water partition coefficient (Wildman–Crippen LogP) is 4.06. The molecule has 182 valence electrons. The molecule has 35 heavy (non-hydrogen) atoms. The van der Waals surface area contributed by atoms with Crippen molar-refractivity contribution in [3.63, 3.8) is 0 Å². The van der Waals surface area contributed by atoms with Crippen LogP contribution >= 0.6 is 23.2 Å². The van der Waals surface area contributed by atoms with Gasteiger partial charge < -0.3 is 10.1 Å². The van der Waals surface area contributed by atoms with Crippen molar-refractivity contribution >= 4 is 51.8 Å². The lowest BCUT2D eigenvalue weighted by molar-refractivity contribution is -0.127. The van der Waals surface area contributed by atoms with Gasteiger partial charge in [0.1, 0.15) is 11.4 Å². The van der Waals surface area contributed by atoms with Gasteiger partial charge in [0.25, 0.3) is 11.8 Å². The van der Waals surface area contributed by atoms with E-state index in [4.69, 9.17) is 27.9 Å². The molecule has 0 radical (unpaired) electrons. The van der Waals surface area contributed by atoms with E-state index < -0.39 is 5.91 Å². The van der Waals surface area contributed by atoms with Crippen molar-refractivity contribution in [3.05, 3.63) is 70.3 Å². The summed E-state index contributed by atoms with van der Waals surface area (Å²) in [5.41, 5.74) is 5.74. The number of hydrogen-bond acceptors (Lipinski definition) is 5. The topological polar surface area (TPSA) is 109 Å². The maximum atomic E-state index is 12.5. The van der Waals surface area contributed by atoms with Gasteiger partial charge in [0.2, 0.25) is 5.91 Å². The molecule has 10 heteroatoms. The average molecular weight is 515 g/mol. The standard InChI is InChI=1S/C25H24Cl2N4O4/c26-17-4-9-20(10-5-17)35-14-23(32)28-19-7-1-15(2-8-19)24(33)30-31-25(34)22-11-3-16-13-18(27)6-12-21(16)29-22/h3-6,9-13,15,19H,1-2,7-8,14H2,(H,28,32)(H,30,33)(H,31,34). The van der Waals surface area contributed by atoms with Crippen LogP contribution in [0, 0.1) is 5.92 Å². The number of hydrazine groups is 1. The van der Waals surface area contributed by atoms with E-state index in [1.54, 1.807) is 54.6 Å². The van der Waals surface area contributed by atoms with E-state index in [-0.39, 0.29) is 36.1 Å². The molecule has 0 spiro atoms. The van der Waals surface area contributed by atoms with Crippen LogP contribution < -0.4 is 20.9 Å². The number of rotatable bonds is 6. The summed E-state index contributed by atoms with van der Waals surface area (Å²) in [5, 5.41) is 4.94. The van der Waals surface area contributed by atoms with Crippen molar-refractivity contribution in [1.29, 1.82) is 0 Å². The number of halogens is 2. The molecular weight excluding hydrogens is 491 g/mol. The van der Waals surface area contributed by atoms with E-state index in [0.29, 0.717) is 47.0 Å². The molecule has 0 unspecified atom stereocenters. The summed E-state index contributed by atoms with van der Waals surface area (Å²) in [6.07, 6.45) is 2.51. The number of carbonyl (C=O) groups is 3. The van der Waals surface area contributed by atoms with Crippen LogP contribution in [0.1, 0.15) is 36.2 Å². The summed E-state index contributed by atoms with van der Waals surface area (Å²) in [4.78, 5) is 41.4. The van der Waals surface area contributed by atoms with Crippen molar-refractivity contribution < 1.29 is 19.1 Å². The number of nitrogens with zero attached hydrogens (tertiary/aromatic N) is 1. The highest BCUT2D eigenvalue weighted by Gasteiger charge is 2.27. The minimum atomic E-state index is -0.503. The molecule has 0 atom stereocenters. The van der Waals surface area contributed by atoms with Gasteiger partial charge in [-0.05, 0) is 74.2 Å². The Balaban J connectivity index is 1.18. The maximum Gasteiger partial charge on any atom is 0.288 e. The lowest BCUT2D eigenvalue weighted by Gasteiger charge is -2.28. The fraction of sp³-hybridized carbons (Fsp3) is 0.280. The number of aromatic nitrogens is 1. The maximum absolute atomic E-state index is 12.5. The third kappa shape index (κ3) is 6.83. The summed E-state index contributed by atoms with van der Waals surface area (Å²) >= 11 is 11.8. The molecule has 1 aliphatic rings. The predicted molar refractivity (Wildman–Crippen MR) is 133 cm³/mol. The first kappa shape index (κ1) is 24.8. The highest BCUT2D eigenvalue weighted by Crippen LogP contribution is 2.24. The lowest BCUT2D eigenvalue weighted by atomic mass is 9.85. The van der Waals surface area contributed by atoms with Crippen molar-refractivity contribution in [2.45, 2.75) is 31.7 Å². The summed E-state index contributed by atoms with van der Waals surface area (Å²) in [7, 11) is 0. The Labute approximate surface area is 212 Å². The third-order valence-corrected chi connectivity index (χ3v) is 6.32. The fourth-order valence-corrected chi connectivity index (χ4v) is 4.26. The zero-order valence-electron chi connectivity index (χ0n) is 18.7. The van der Waals surface area contributed by atoms with Gasteiger partial charge in [-0.3, -0.25) is 25.2 Å². The van der Waals surface area contributed by atoms with E-state index in [0.717, 1.165) is 5.39 Å². The second-order valence-corrected chi connectivity index (χ2v) is 9.21. The van der Waals surface area contributed by atoms with Gasteiger partial charge in [0.05, 0.1) is 5.52 Å². The van der Waals surface area contributed by atoms with Gasteiger partial charge >= 0.3 is 0 Å². The third-order valence-electron chi connectivity index (χ3n) is 5.83. The van der Waals surface area contributed by atoms with E-state index in [2.05, 4.69) is 21.2 Å². The molecule has 2 aromatic carbocycles. The van der Waals surface area contributed by atoms with Crippen molar-refractivity contribution in [3.8, 4) is 5.75 Å². The van der Waals surface area contributed by atoms with Crippen LogP contribution in [0.15, 0.2) is 54.6 Å². The Kier molecular flexibility index (Phi) is 8.05. The average Bonchev–Trinajstić information content (AvgIpc) is 2.87. The zero-order chi connectivity index (χ0) is 24.8. The van der Waals surface area contributed by atoms with Crippen LogP contribution in [0.2, 0.25) is 10.0 Å². The lowest BCUT2D eigenvalue weighted by Crippen LogP contribution is -2.47. The van der Waals surface area contributed by atoms with Crippen LogP contribution in [0.5, 0.6) is 5.75 Å². The Morgan fingerprint density at radius 1 is 0.886 bits per heavy atom. The van der Waals surface area contributed by atoms with Crippen LogP contribution in [0.25, 0.3) is 10.9 Å². The molecule has 3 amide bonds. The van der Waals surface area contributed by atoms with Gasteiger partial charge in [-0.15, -0.1) is 0 Å². The van der Waals surface area contributed by atoms with Gasteiger partial charge in [-0.1, -0.05) is 29.3 Å². The van der Waals surface area contributed by atoms with E-state index >= 15 is 0 Å². The molecule has 1 heterocycles. The summed E-state index contributed by atoms with van der Waals surface area (Å²) < 4.78 is 5.46. The molecule has 0 bridgehead atoms. The van der Waals surface area contributed by atoms with Crippen molar-refractivity contribution in [2.24, 2.45) is 5.92 Å². The van der Waals surface area contributed by atoms with Crippen LogP contribution in [-0.4, -0.2) is 35.4 Å². The SMILES string of the molecule is O=C(COc1ccc(Cl)cc1)NC1CCC(C(=O)NNC(=O)c2ccc3cc(Cl)ccc3n2)CC1. The molecule has 1 fully saturated rings. The summed E-state index contributed by atoms with van der Waals surface area (Å²) in [6, 6.07) is 15.3. The van der Waals surface area contributed by atoms with Gasteiger partial charge in [-0.2, -0.15) is 0 Å². The van der Waals surface area contributed by atoms with Gasteiger partial charge in [0, 0.05) is 27.4 Å². The number of hydrogen-bond donors (Lipinski definition) is 3. The fourth-order valence-electron chi connectivity index (χ4n) is 3.96. The molecule has 8 nitrogen and oxygen atoms in total. The quantitative estimate of drug-likeness (QED) is 0.429. The number of nitrogens with one attached hydrogen (secondary N) is 3. The number of amides is 3. The Hall–Kier alpha value is -3.36. The second kappa shape index (κ2) is 11.4. The van der Waals surface area contributed by atoms with Gasteiger partial charge in [-0.25, -0.2) is 4.98 Å². The molecule has 0 aliphatic heterocycles. The van der Waals surface area contributed by atoms with E-state index in [9.17, 15) is 14.4 Å². The van der Waals surface area contributed by atoms with Gasteiger partial charge in [0.15, 0.2) is 6.61 Å². The van der Waals surface area contributed by atoms with Crippen LogP contribution in [0.3, 0.4) is 0 Å². The van der Waals surface area contributed by atoms with Crippen LogP contribution in [0.4, 0.5) is 0 Å². The minimum absolute atomic E-state index is 0.0229. The molecular formula is C25H24Cl2N4O4. The monoisotopic (exact) mass is 514 g/mol. The molecule has 3 aromatic rings. The normalized spacial score (nSPS) is 17.4. The van der Waals surface area contributed by atoms with E-state index in [1.165, 1.54) is 0 Å². The number of ether oxygens (including phenoxy) is 1. The highest BCUT2D eigenvalue weighted by atomic mass is 35.5.